The molecule has 3 heterocycles. The lowest BCUT2D eigenvalue weighted by Gasteiger charge is -2.37. The zero-order chi connectivity index (χ0) is 17.0. The number of likely N-dealkylation sites (N-methyl/N-ethyl adjacent to an activating group) is 1. The van der Waals surface area contributed by atoms with Gasteiger partial charge in [-0.15, -0.1) is 0 Å². The SMILES string of the molecule is CNC(=O)C1(c2cnccn2)CCCN1C(=O)CN1CCOCC1. The van der Waals surface area contributed by atoms with Crippen LogP contribution in [0.5, 0.6) is 0 Å². The summed E-state index contributed by atoms with van der Waals surface area (Å²) in [5.74, 6) is -0.264. The Hall–Kier alpha value is -2.06. The van der Waals surface area contributed by atoms with Gasteiger partial charge in [-0.25, -0.2) is 0 Å². The van der Waals surface area contributed by atoms with Crippen LogP contribution in [-0.4, -0.2) is 78.0 Å². The first-order valence-electron chi connectivity index (χ1n) is 8.28. The molecule has 0 radical (unpaired) electrons. The number of carbonyl (C=O) groups is 2. The van der Waals surface area contributed by atoms with Gasteiger partial charge in [-0.05, 0) is 12.8 Å². The molecule has 0 saturated carbocycles. The van der Waals surface area contributed by atoms with E-state index < -0.39 is 5.54 Å². The molecule has 8 nitrogen and oxygen atoms in total. The van der Waals surface area contributed by atoms with Gasteiger partial charge in [-0.2, -0.15) is 0 Å². The van der Waals surface area contributed by atoms with E-state index in [-0.39, 0.29) is 11.8 Å². The number of ether oxygens (including phenoxy) is 1. The fraction of sp³-hybridized carbons (Fsp3) is 0.625. The van der Waals surface area contributed by atoms with Crippen LogP contribution in [0, 0.1) is 0 Å². The summed E-state index contributed by atoms with van der Waals surface area (Å²) < 4.78 is 5.32. The van der Waals surface area contributed by atoms with Crippen molar-refractivity contribution in [1.82, 2.24) is 25.1 Å². The highest BCUT2D eigenvalue weighted by atomic mass is 16.5. The van der Waals surface area contributed by atoms with Crippen LogP contribution in [0.1, 0.15) is 18.5 Å². The van der Waals surface area contributed by atoms with Gasteiger partial charge in [-0.1, -0.05) is 0 Å². The van der Waals surface area contributed by atoms with E-state index in [2.05, 4.69) is 20.2 Å². The standard InChI is InChI=1S/C16H23N5O3/c1-17-15(23)16(13-11-18-4-5-19-13)3-2-6-21(16)14(22)12-20-7-9-24-10-8-20/h4-5,11H,2-3,6-10,12H2,1H3,(H,17,23). The number of nitrogens with one attached hydrogen (secondary N) is 1. The summed E-state index contributed by atoms with van der Waals surface area (Å²) in [6.45, 7) is 3.58. The highest BCUT2D eigenvalue weighted by Gasteiger charge is 2.52. The van der Waals surface area contributed by atoms with Crippen LogP contribution in [0.15, 0.2) is 18.6 Å². The molecule has 24 heavy (non-hydrogen) atoms. The second-order valence-electron chi connectivity index (χ2n) is 6.07. The lowest BCUT2D eigenvalue weighted by molar-refractivity contribution is -0.147. The lowest BCUT2D eigenvalue weighted by atomic mass is 9.90. The number of morpholine rings is 1. The number of nitrogens with zero attached hydrogens (tertiary/aromatic N) is 4. The molecule has 0 aromatic carbocycles. The van der Waals surface area contributed by atoms with Gasteiger partial charge in [-0.3, -0.25) is 24.5 Å². The molecule has 130 valence electrons. The largest absolute Gasteiger partial charge is 0.379 e. The van der Waals surface area contributed by atoms with E-state index in [0.29, 0.717) is 38.4 Å². The smallest absolute Gasteiger partial charge is 0.252 e. The average Bonchev–Trinajstić information content (AvgIpc) is 3.09. The van der Waals surface area contributed by atoms with Gasteiger partial charge < -0.3 is 15.0 Å². The average molecular weight is 333 g/mol. The molecule has 1 unspecified atom stereocenters. The van der Waals surface area contributed by atoms with E-state index in [1.54, 1.807) is 30.5 Å². The van der Waals surface area contributed by atoms with E-state index in [1.807, 2.05) is 0 Å². The van der Waals surface area contributed by atoms with Gasteiger partial charge in [0.25, 0.3) is 5.91 Å². The number of hydrogen-bond donors (Lipinski definition) is 1. The lowest BCUT2D eigenvalue weighted by Crippen LogP contribution is -2.57. The fourth-order valence-corrected chi connectivity index (χ4v) is 3.53. The number of aromatic nitrogens is 2. The second kappa shape index (κ2) is 7.23. The Balaban J connectivity index is 1.87. The third kappa shape index (κ3) is 2.99. The summed E-state index contributed by atoms with van der Waals surface area (Å²) in [7, 11) is 1.59. The Morgan fingerprint density at radius 2 is 2.08 bits per heavy atom. The number of carbonyl (C=O) groups excluding carboxylic acids is 2. The van der Waals surface area contributed by atoms with Crippen LogP contribution < -0.4 is 5.32 Å². The van der Waals surface area contributed by atoms with Gasteiger partial charge in [0.1, 0.15) is 0 Å². The zero-order valence-electron chi connectivity index (χ0n) is 13.9. The van der Waals surface area contributed by atoms with Crippen molar-refractivity contribution in [3.63, 3.8) is 0 Å². The van der Waals surface area contributed by atoms with Crippen LogP contribution in [0.3, 0.4) is 0 Å². The number of hydrogen-bond acceptors (Lipinski definition) is 6. The first kappa shape index (κ1) is 16.8. The van der Waals surface area contributed by atoms with E-state index in [4.69, 9.17) is 4.74 Å². The zero-order valence-corrected chi connectivity index (χ0v) is 13.9. The quantitative estimate of drug-likeness (QED) is 0.790. The highest BCUT2D eigenvalue weighted by molar-refractivity contribution is 5.93. The van der Waals surface area contributed by atoms with Crippen molar-refractivity contribution < 1.29 is 14.3 Å². The number of likely N-dealkylation sites (tertiary alicyclic amines) is 1. The molecule has 0 spiro atoms. The molecule has 2 saturated heterocycles. The summed E-state index contributed by atoms with van der Waals surface area (Å²) in [5.41, 5.74) is -0.538. The molecular formula is C16H23N5O3. The predicted molar refractivity (Wildman–Crippen MR) is 86.0 cm³/mol. The normalized spacial score (nSPS) is 24.8. The molecule has 2 aliphatic rings. The summed E-state index contributed by atoms with van der Waals surface area (Å²) in [5, 5.41) is 2.70. The van der Waals surface area contributed by atoms with Crippen molar-refractivity contribution in [2.24, 2.45) is 0 Å². The summed E-state index contributed by atoms with van der Waals surface area (Å²) in [4.78, 5) is 37.8. The van der Waals surface area contributed by atoms with Gasteiger partial charge in [0.05, 0.1) is 31.6 Å². The first-order valence-corrected chi connectivity index (χ1v) is 8.28. The first-order chi connectivity index (χ1) is 11.7. The maximum Gasteiger partial charge on any atom is 0.252 e. The van der Waals surface area contributed by atoms with Crippen LogP contribution in [-0.2, 0) is 19.9 Å². The third-order valence-corrected chi connectivity index (χ3v) is 4.73. The minimum atomic E-state index is -1.06. The summed E-state index contributed by atoms with van der Waals surface area (Å²) in [6, 6.07) is 0. The summed E-state index contributed by atoms with van der Waals surface area (Å²) in [6.07, 6.45) is 6.02. The molecule has 1 atom stereocenters. The van der Waals surface area contributed by atoms with E-state index in [1.165, 1.54) is 0 Å². The topological polar surface area (TPSA) is 87.7 Å². The molecule has 2 fully saturated rings. The Morgan fingerprint density at radius 3 is 2.75 bits per heavy atom. The summed E-state index contributed by atoms with van der Waals surface area (Å²) >= 11 is 0. The monoisotopic (exact) mass is 333 g/mol. The van der Waals surface area contributed by atoms with Crippen LogP contribution in [0.2, 0.25) is 0 Å². The van der Waals surface area contributed by atoms with Gasteiger partial charge in [0.2, 0.25) is 5.91 Å². The maximum absolute atomic E-state index is 12.9. The molecule has 0 aliphatic carbocycles. The van der Waals surface area contributed by atoms with E-state index in [9.17, 15) is 9.59 Å². The minimum absolute atomic E-state index is 0.0522. The molecule has 0 bridgehead atoms. The highest BCUT2D eigenvalue weighted by Crippen LogP contribution is 2.38. The molecule has 1 aromatic heterocycles. The van der Waals surface area contributed by atoms with Crippen molar-refractivity contribution >= 4 is 11.8 Å². The second-order valence-corrected chi connectivity index (χ2v) is 6.07. The Labute approximate surface area is 141 Å². The molecule has 1 N–H and O–H groups in total. The molecule has 3 rings (SSSR count). The van der Waals surface area contributed by atoms with Crippen molar-refractivity contribution in [1.29, 1.82) is 0 Å². The van der Waals surface area contributed by atoms with Crippen LogP contribution >= 0.6 is 0 Å². The number of rotatable bonds is 4. The van der Waals surface area contributed by atoms with Gasteiger partial charge in [0, 0.05) is 39.1 Å². The molecular weight excluding hydrogens is 310 g/mol. The minimum Gasteiger partial charge on any atom is -0.379 e. The van der Waals surface area contributed by atoms with Gasteiger partial charge >= 0.3 is 0 Å². The van der Waals surface area contributed by atoms with E-state index >= 15 is 0 Å². The molecule has 2 amide bonds. The molecule has 1 aromatic rings. The fourth-order valence-electron chi connectivity index (χ4n) is 3.53. The van der Waals surface area contributed by atoms with E-state index in [0.717, 1.165) is 19.5 Å². The maximum atomic E-state index is 12.9. The van der Waals surface area contributed by atoms with Crippen molar-refractivity contribution in [2.45, 2.75) is 18.4 Å². The Kier molecular flexibility index (Phi) is 5.06. The van der Waals surface area contributed by atoms with Crippen molar-refractivity contribution in [3.8, 4) is 0 Å². The van der Waals surface area contributed by atoms with Crippen molar-refractivity contribution in [2.75, 3.05) is 46.4 Å². The Bertz CT molecular complexity index is 591. The van der Waals surface area contributed by atoms with Crippen LogP contribution in [0.4, 0.5) is 0 Å². The predicted octanol–water partition coefficient (Wildman–Crippen LogP) is -0.627. The van der Waals surface area contributed by atoms with Crippen molar-refractivity contribution in [3.05, 3.63) is 24.3 Å². The third-order valence-electron chi connectivity index (χ3n) is 4.73. The van der Waals surface area contributed by atoms with Gasteiger partial charge in [0.15, 0.2) is 5.54 Å². The van der Waals surface area contributed by atoms with Crippen LogP contribution in [0.25, 0.3) is 0 Å². The molecule has 2 aliphatic heterocycles. The molecule has 8 heteroatoms. The number of amides is 2. The Morgan fingerprint density at radius 1 is 1.29 bits per heavy atom.